The van der Waals surface area contributed by atoms with E-state index < -0.39 is 0 Å². The van der Waals surface area contributed by atoms with Gasteiger partial charge in [-0.25, -0.2) is 9.38 Å². The zero-order valence-corrected chi connectivity index (χ0v) is 18.0. The Morgan fingerprint density at radius 3 is 2.63 bits per heavy atom. The van der Waals surface area contributed by atoms with Gasteiger partial charge in [-0.3, -0.25) is 4.79 Å². The van der Waals surface area contributed by atoms with Crippen molar-refractivity contribution in [1.82, 2.24) is 15.1 Å². The SMILES string of the molecule is CCNC(=NCc1ccc(F)c(COC)c1)N1CCC(C(=O)N2CCOCC2)CC1. The first-order valence-electron chi connectivity index (χ1n) is 10.8. The monoisotopic (exact) mass is 420 g/mol. The van der Waals surface area contributed by atoms with E-state index in [0.29, 0.717) is 38.4 Å². The predicted molar refractivity (Wildman–Crippen MR) is 114 cm³/mol. The van der Waals surface area contributed by atoms with Crippen LogP contribution in [0, 0.1) is 11.7 Å². The third kappa shape index (κ3) is 5.92. The summed E-state index contributed by atoms with van der Waals surface area (Å²) < 4.78 is 24.2. The van der Waals surface area contributed by atoms with Gasteiger partial charge in [-0.2, -0.15) is 0 Å². The van der Waals surface area contributed by atoms with Crippen molar-refractivity contribution in [2.24, 2.45) is 10.9 Å². The maximum absolute atomic E-state index is 13.8. The maximum Gasteiger partial charge on any atom is 0.225 e. The number of ether oxygens (including phenoxy) is 2. The van der Waals surface area contributed by atoms with E-state index in [4.69, 9.17) is 14.5 Å². The number of morpholine rings is 1. The number of benzene rings is 1. The van der Waals surface area contributed by atoms with Crippen LogP contribution < -0.4 is 5.32 Å². The summed E-state index contributed by atoms with van der Waals surface area (Å²) in [5, 5.41) is 3.35. The normalized spacial score (nSPS) is 18.6. The molecule has 1 amide bonds. The second kappa shape index (κ2) is 11.3. The second-order valence-corrected chi connectivity index (χ2v) is 7.73. The highest BCUT2D eigenvalue weighted by atomic mass is 19.1. The molecule has 2 heterocycles. The van der Waals surface area contributed by atoms with Gasteiger partial charge in [0.1, 0.15) is 5.82 Å². The lowest BCUT2D eigenvalue weighted by molar-refractivity contribution is -0.140. The molecule has 2 aliphatic rings. The van der Waals surface area contributed by atoms with E-state index in [1.54, 1.807) is 19.2 Å². The van der Waals surface area contributed by atoms with Crippen molar-refractivity contribution in [3.05, 3.63) is 35.1 Å². The van der Waals surface area contributed by atoms with Crippen LogP contribution in [0.15, 0.2) is 23.2 Å². The van der Waals surface area contributed by atoms with E-state index >= 15 is 0 Å². The number of rotatable bonds is 6. The Balaban J connectivity index is 1.58. The Hall–Kier alpha value is -2.19. The lowest BCUT2D eigenvalue weighted by Gasteiger charge is -2.36. The van der Waals surface area contributed by atoms with Gasteiger partial charge in [0.25, 0.3) is 0 Å². The number of carbonyl (C=O) groups is 1. The minimum Gasteiger partial charge on any atom is -0.380 e. The van der Waals surface area contributed by atoms with Gasteiger partial charge in [-0.05, 0) is 37.5 Å². The Morgan fingerprint density at radius 1 is 1.23 bits per heavy atom. The molecule has 1 aromatic carbocycles. The molecule has 0 radical (unpaired) electrons. The highest BCUT2D eigenvalue weighted by Crippen LogP contribution is 2.21. The van der Waals surface area contributed by atoms with E-state index in [9.17, 15) is 9.18 Å². The lowest BCUT2D eigenvalue weighted by atomic mass is 9.95. The summed E-state index contributed by atoms with van der Waals surface area (Å²) in [6, 6.07) is 5.03. The first-order chi connectivity index (χ1) is 14.6. The van der Waals surface area contributed by atoms with E-state index in [-0.39, 0.29) is 24.2 Å². The van der Waals surface area contributed by atoms with Crippen molar-refractivity contribution in [2.75, 3.05) is 53.0 Å². The number of guanidine groups is 1. The molecule has 0 spiro atoms. The summed E-state index contributed by atoms with van der Waals surface area (Å²) >= 11 is 0. The van der Waals surface area contributed by atoms with E-state index in [0.717, 1.165) is 44.0 Å². The first kappa shape index (κ1) is 22.5. The Labute approximate surface area is 178 Å². The predicted octanol–water partition coefficient (Wildman–Crippen LogP) is 2.01. The van der Waals surface area contributed by atoms with E-state index in [2.05, 4.69) is 10.2 Å². The molecule has 0 bridgehead atoms. The fourth-order valence-electron chi connectivity index (χ4n) is 3.96. The van der Waals surface area contributed by atoms with Gasteiger partial charge in [-0.15, -0.1) is 0 Å². The van der Waals surface area contributed by atoms with Crippen LogP contribution in [-0.4, -0.2) is 74.7 Å². The number of nitrogens with one attached hydrogen (secondary N) is 1. The number of likely N-dealkylation sites (tertiary alicyclic amines) is 1. The second-order valence-electron chi connectivity index (χ2n) is 7.73. The molecule has 30 heavy (non-hydrogen) atoms. The molecule has 2 saturated heterocycles. The Bertz CT molecular complexity index is 729. The minimum atomic E-state index is -0.261. The summed E-state index contributed by atoms with van der Waals surface area (Å²) in [6.07, 6.45) is 1.66. The molecule has 2 aliphatic heterocycles. The molecular formula is C22H33FN4O3. The fourth-order valence-corrected chi connectivity index (χ4v) is 3.96. The first-order valence-corrected chi connectivity index (χ1v) is 10.8. The van der Waals surface area contributed by atoms with Crippen molar-refractivity contribution in [3.63, 3.8) is 0 Å². The van der Waals surface area contributed by atoms with Gasteiger partial charge in [0.15, 0.2) is 5.96 Å². The maximum atomic E-state index is 13.8. The van der Waals surface area contributed by atoms with Gasteiger partial charge in [-0.1, -0.05) is 6.07 Å². The number of piperidine rings is 1. The minimum absolute atomic E-state index is 0.0796. The number of nitrogens with zero attached hydrogens (tertiary/aromatic N) is 3. The van der Waals surface area contributed by atoms with Crippen molar-refractivity contribution < 1.29 is 18.7 Å². The zero-order valence-electron chi connectivity index (χ0n) is 18.0. The molecule has 0 atom stereocenters. The van der Waals surface area contributed by atoms with Crippen molar-refractivity contribution in [1.29, 1.82) is 0 Å². The van der Waals surface area contributed by atoms with E-state index in [1.807, 2.05) is 11.8 Å². The average Bonchev–Trinajstić information content (AvgIpc) is 2.79. The molecule has 1 aromatic rings. The molecule has 0 aliphatic carbocycles. The summed E-state index contributed by atoms with van der Waals surface area (Å²) in [4.78, 5) is 21.7. The van der Waals surface area contributed by atoms with Crippen molar-refractivity contribution >= 4 is 11.9 Å². The molecule has 8 heteroatoms. The quantitative estimate of drug-likeness (QED) is 0.563. The van der Waals surface area contributed by atoms with Gasteiger partial charge in [0.05, 0.1) is 26.4 Å². The van der Waals surface area contributed by atoms with Crippen LogP contribution >= 0.6 is 0 Å². The highest BCUT2D eigenvalue weighted by Gasteiger charge is 2.30. The number of hydrogen-bond donors (Lipinski definition) is 1. The molecule has 0 unspecified atom stereocenters. The smallest absolute Gasteiger partial charge is 0.225 e. The van der Waals surface area contributed by atoms with Crippen LogP contribution in [0.1, 0.15) is 30.9 Å². The molecular weight excluding hydrogens is 387 g/mol. The van der Waals surface area contributed by atoms with Crippen molar-refractivity contribution in [3.8, 4) is 0 Å². The molecule has 3 rings (SSSR count). The summed E-state index contributed by atoms with van der Waals surface area (Å²) in [5.74, 6) is 0.920. The van der Waals surface area contributed by atoms with Gasteiger partial charge in [0, 0.05) is 51.3 Å². The van der Waals surface area contributed by atoms with Crippen LogP contribution in [0.3, 0.4) is 0 Å². The van der Waals surface area contributed by atoms with Gasteiger partial charge < -0.3 is 24.6 Å². The van der Waals surface area contributed by atoms with E-state index in [1.165, 1.54) is 6.07 Å². The van der Waals surface area contributed by atoms with Crippen LogP contribution in [0.4, 0.5) is 4.39 Å². The Morgan fingerprint density at radius 2 is 1.97 bits per heavy atom. The number of amides is 1. The lowest BCUT2D eigenvalue weighted by Crippen LogP contribution is -2.50. The number of carbonyl (C=O) groups excluding carboxylic acids is 1. The summed E-state index contributed by atoms with van der Waals surface area (Å²) in [6.45, 7) is 7.78. The topological polar surface area (TPSA) is 66.4 Å². The van der Waals surface area contributed by atoms with Crippen LogP contribution in [0.5, 0.6) is 0 Å². The Kier molecular flexibility index (Phi) is 8.45. The third-order valence-corrected chi connectivity index (χ3v) is 5.62. The van der Waals surface area contributed by atoms with Crippen LogP contribution in [0.25, 0.3) is 0 Å². The van der Waals surface area contributed by atoms with Crippen LogP contribution in [0.2, 0.25) is 0 Å². The standard InChI is InChI=1S/C22H33FN4O3/c1-3-24-22(25-15-17-4-5-20(23)19(14-17)16-29-2)27-8-6-18(7-9-27)21(28)26-10-12-30-13-11-26/h4-5,14,18H,3,6-13,15-16H2,1-2H3,(H,24,25). The number of hydrogen-bond acceptors (Lipinski definition) is 4. The number of aliphatic imine (C=N–C) groups is 1. The van der Waals surface area contributed by atoms with Gasteiger partial charge in [0.2, 0.25) is 5.91 Å². The molecule has 7 nitrogen and oxygen atoms in total. The van der Waals surface area contributed by atoms with Crippen LogP contribution in [-0.2, 0) is 27.4 Å². The fraction of sp³-hybridized carbons (Fsp3) is 0.636. The number of halogens is 1. The zero-order chi connectivity index (χ0) is 21.3. The highest BCUT2D eigenvalue weighted by molar-refractivity contribution is 5.82. The molecule has 2 fully saturated rings. The van der Waals surface area contributed by atoms with Gasteiger partial charge >= 0.3 is 0 Å². The third-order valence-electron chi connectivity index (χ3n) is 5.62. The summed E-state index contributed by atoms with van der Waals surface area (Å²) in [7, 11) is 1.56. The molecule has 166 valence electrons. The molecule has 0 aromatic heterocycles. The average molecular weight is 421 g/mol. The van der Waals surface area contributed by atoms with Crippen molar-refractivity contribution in [2.45, 2.75) is 32.9 Å². The number of methoxy groups -OCH3 is 1. The summed E-state index contributed by atoms with van der Waals surface area (Å²) in [5.41, 5.74) is 1.48. The molecule has 0 saturated carbocycles. The molecule has 1 N–H and O–H groups in total. The largest absolute Gasteiger partial charge is 0.380 e.